The third kappa shape index (κ3) is 2.01. The van der Waals surface area contributed by atoms with Gasteiger partial charge in [-0.05, 0) is 30.7 Å². The van der Waals surface area contributed by atoms with Gasteiger partial charge in [0.15, 0.2) is 9.84 Å². The van der Waals surface area contributed by atoms with Crippen LogP contribution in [0.4, 0.5) is 0 Å². The molecule has 0 aromatic heterocycles. The van der Waals surface area contributed by atoms with Crippen molar-refractivity contribution in [2.75, 3.05) is 6.26 Å². The molecule has 0 atom stereocenters. The number of benzene rings is 1. The van der Waals surface area contributed by atoms with Crippen LogP contribution < -0.4 is 0 Å². The first-order valence-electron chi connectivity index (χ1n) is 3.41. The molecule has 0 spiro atoms. The fourth-order valence-corrected chi connectivity index (χ4v) is 1.70. The Morgan fingerprint density at radius 2 is 1.92 bits per heavy atom. The van der Waals surface area contributed by atoms with Gasteiger partial charge in [0, 0.05) is 11.2 Å². The zero-order valence-corrected chi connectivity index (χ0v) is 8.61. The van der Waals surface area contributed by atoms with Gasteiger partial charge in [0.2, 0.25) is 0 Å². The minimum Gasteiger partial charge on any atom is -0.224 e. The van der Waals surface area contributed by atoms with E-state index in [2.05, 4.69) is 12.6 Å². The minimum absolute atomic E-state index is 0.345. The van der Waals surface area contributed by atoms with Crippen molar-refractivity contribution >= 4 is 22.5 Å². The lowest BCUT2D eigenvalue weighted by Crippen LogP contribution is -1.97. The fraction of sp³-hybridized carbons (Fsp3) is 0.250. The Hall–Kier alpha value is -0.480. The van der Waals surface area contributed by atoms with E-state index in [1.807, 2.05) is 6.92 Å². The van der Waals surface area contributed by atoms with E-state index in [1.54, 1.807) is 18.2 Å². The Morgan fingerprint density at radius 3 is 2.33 bits per heavy atom. The second-order valence-corrected chi connectivity index (χ2v) is 5.22. The van der Waals surface area contributed by atoms with Gasteiger partial charge in [0.05, 0.1) is 4.90 Å². The highest BCUT2D eigenvalue weighted by Crippen LogP contribution is 2.17. The van der Waals surface area contributed by atoms with Crippen molar-refractivity contribution in [1.82, 2.24) is 0 Å². The second kappa shape index (κ2) is 3.11. The van der Waals surface area contributed by atoms with Gasteiger partial charge in [0.1, 0.15) is 0 Å². The monoisotopic (exact) mass is 202 g/mol. The predicted octanol–water partition coefficient (Wildman–Crippen LogP) is 1.69. The van der Waals surface area contributed by atoms with E-state index in [1.165, 1.54) is 6.26 Å². The molecule has 2 nitrogen and oxygen atoms in total. The lowest BCUT2D eigenvalue weighted by Gasteiger charge is -2.01. The Bertz CT molecular complexity index is 394. The van der Waals surface area contributed by atoms with Crippen molar-refractivity contribution in [2.24, 2.45) is 0 Å². The van der Waals surface area contributed by atoms with Crippen LogP contribution >= 0.6 is 12.6 Å². The van der Waals surface area contributed by atoms with Gasteiger partial charge in [0.25, 0.3) is 0 Å². The molecule has 1 aromatic carbocycles. The summed E-state index contributed by atoms with van der Waals surface area (Å²) in [6, 6.07) is 4.87. The van der Waals surface area contributed by atoms with Crippen LogP contribution in [0.1, 0.15) is 5.56 Å². The van der Waals surface area contributed by atoms with Gasteiger partial charge < -0.3 is 0 Å². The molecule has 1 rings (SSSR count). The maximum Gasteiger partial charge on any atom is 0.175 e. The molecule has 0 aliphatic rings. The van der Waals surface area contributed by atoms with Crippen LogP contribution in [-0.2, 0) is 9.84 Å². The molecular formula is C8H10O2S2. The van der Waals surface area contributed by atoms with Crippen LogP contribution in [0.25, 0.3) is 0 Å². The van der Waals surface area contributed by atoms with Gasteiger partial charge in [-0.25, -0.2) is 8.42 Å². The molecule has 0 amide bonds. The van der Waals surface area contributed by atoms with Crippen molar-refractivity contribution in [1.29, 1.82) is 0 Å². The molecule has 0 saturated heterocycles. The summed E-state index contributed by atoms with van der Waals surface area (Å²) >= 11 is 4.15. The zero-order valence-electron chi connectivity index (χ0n) is 6.90. The van der Waals surface area contributed by atoms with Gasteiger partial charge in [-0.3, -0.25) is 0 Å². The van der Waals surface area contributed by atoms with E-state index in [9.17, 15) is 8.42 Å². The molecule has 0 unspecified atom stereocenters. The van der Waals surface area contributed by atoms with Crippen molar-refractivity contribution in [3.05, 3.63) is 23.8 Å². The van der Waals surface area contributed by atoms with Crippen LogP contribution in [0.15, 0.2) is 28.0 Å². The van der Waals surface area contributed by atoms with Crippen LogP contribution in [-0.4, -0.2) is 14.7 Å². The Kier molecular flexibility index (Phi) is 2.49. The SMILES string of the molecule is Cc1cc(S(C)(=O)=O)ccc1S. The summed E-state index contributed by atoms with van der Waals surface area (Å²) in [5.41, 5.74) is 0.876. The summed E-state index contributed by atoms with van der Waals surface area (Å²) in [6.07, 6.45) is 1.19. The quantitative estimate of drug-likeness (QED) is 0.703. The molecule has 4 heteroatoms. The second-order valence-electron chi connectivity index (χ2n) is 2.72. The molecule has 0 N–H and O–H groups in total. The number of rotatable bonds is 1. The molecule has 1 aromatic rings. The zero-order chi connectivity index (χ0) is 9.35. The number of sulfone groups is 1. The van der Waals surface area contributed by atoms with E-state index < -0.39 is 9.84 Å². The fourth-order valence-electron chi connectivity index (χ4n) is 0.859. The summed E-state index contributed by atoms with van der Waals surface area (Å²) in [4.78, 5) is 1.15. The number of hydrogen-bond acceptors (Lipinski definition) is 3. The summed E-state index contributed by atoms with van der Waals surface area (Å²) in [5.74, 6) is 0. The number of thiol groups is 1. The molecule has 0 heterocycles. The predicted molar refractivity (Wildman–Crippen MR) is 51.5 cm³/mol. The van der Waals surface area contributed by atoms with Crippen molar-refractivity contribution in [3.8, 4) is 0 Å². The number of aryl methyl sites for hydroxylation is 1. The lowest BCUT2D eigenvalue weighted by atomic mass is 10.2. The lowest BCUT2D eigenvalue weighted by molar-refractivity contribution is 0.601. The summed E-state index contributed by atoms with van der Waals surface area (Å²) in [5, 5.41) is 0. The first-order chi connectivity index (χ1) is 5.41. The summed E-state index contributed by atoms with van der Waals surface area (Å²) < 4.78 is 22.1. The van der Waals surface area contributed by atoms with E-state index >= 15 is 0 Å². The molecule has 0 aliphatic heterocycles. The first kappa shape index (κ1) is 9.61. The molecule has 0 bridgehead atoms. The van der Waals surface area contributed by atoms with E-state index in [0.717, 1.165) is 10.5 Å². The average Bonchev–Trinajstić information content (AvgIpc) is 1.92. The smallest absolute Gasteiger partial charge is 0.175 e. The third-order valence-electron chi connectivity index (χ3n) is 1.60. The summed E-state index contributed by atoms with van der Waals surface area (Å²) in [7, 11) is -3.08. The molecule has 0 aliphatic carbocycles. The summed E-state index contributed by atoms with van der Waals surface area (Å²) in [6.45, 7) is 1.83. The normalized spacial score (nSPS) is 11.6. The molecule has 12 heavy (non-hydrogen) atoms. The molecule has 66 valence electrons. The highest BCUT2D eigenvalue weighted by atomic mass is 32.2. The maximum atomic E-state index is 11.1. The Balaban J connectivity index is 3.33. The Morgan fingerprint density at radius 1 is 1.33 bits per heavy atom. The van der Waals surface area contributed by atoms with Gasteiger partial charge in [-0.1, -0.05) is 0 Å². The van der Waals surface area contributed by atoms with Crippen molar-refractivity contribution < 1.29 is 8.42 Å². The van der Waals surface area contributed by atoms with Crippen LogP contribution in [0.5, 0.6) is 0 Å². The van der Waals surface area contributed by atoms with Gasteiger partial charge in [-0.15, -0.1) is 12.6 Å². The van der Waals surface area contributed by atoms with Gasteiger partial charge in [-0.2, -0.15) is 0 Å². The topological polar surface area (TPSA) is 34.1 Å². The number of hydrogen-bond donors (Lipinski definition) is 1. The van der Waals surface area contributed by atoms with E-state index in [-0.39, 0.29) is 0 Å². The van der Waals surface area contributed by atoms with Crippen molar-refractivity contribution in [3.63, 3.8) is 0 Å². The molecule has 0 fully saturated rings. The van der Waals surface area contributed by atoms with Crippen LogP contribution in [0.3, 0.4) is 0 Å². The first-order valence-corrected chi connectivity index (χ1v) is 5.75. The third-order valence-corrected chi connectivity index (χ3v) is 3.21. The highest BCUT2D eigenvalue weighted by molar-refractivity contribution is 7.90. The van der Waals surface area contributed by atoms with Crippen molar-refractivity contribution in [2.45, 2.75) is 16.7 Å². The average molecular weight is 202 g/mol. The molecular weight excluding hydrogens is 192 g/mol. The van der Waals surface area contributed by atoms with E-state index in [0.29, 0.717) is 4.90 Å². The van der Waals surface area contributed by atoms with Gasteiger partial charge >= 0.3 is 0 Å². The molecule has 0 saturated carbocycles. The molecule has 0 radical (unpaired) electrons. The minimum atomic E-state index is -3.08. The maximum absolute atomic E-state index is 11.1. The van der Waals surface area contributed by atoms with E-state index in [4.69, 9.17) is 0 Å². The largest absolute Gasteiger partial charge is 0.224 e. The Labute approximate surface area is 77.9 Å². The van der Waals surface area contributed by atoms with Crippen LogP contribution in [0, 0.1) is 6.92 Å². The highest BCUT2D eigenvalue weighted by Gasteiger charge is 2.06. The van der Waals surface area contributed by atoms with Crippen LogP contribution in [0.2, 0.25) is 0 Å². The standard InChI is InChI=1S/C8H10O2S2/c1-6-5-7(12(2,9)10)3-4-8(6)11/h3-5,11H,1-2H3.